The molecule has 1 aromatic rings. The summed E-state index contributed by atoms with van der Waals surface area (Å²) in [7, 11) is 0.190. The van der Waals surface area contributed by atoms with Crippen LogP contribution in [0.3, 0.4) is 0 Å². The molecule has 0 saturated carbocycles. The van der Waals surface area contributed by atoms with Gasteiger partial charge in [0.2, 0.25) is 0 Å². The maximum absolute atomic E-state index is 12.2. The molecule has 0 spiro atoms. The maximum atomic E-state index is 12.2. The minimum Gasteiger partial charge on any atom is -0.497 e. The number of carbonyl (C=O) groups excluding carboxylic acids is 1. The molecule has 7 nitrogen and oxygen atoms in total. The van der Waals surface area contributed by atoms with E-state index in [0.29, 0.717) is 17.9 Å². The second-order valence-corrected chi connectivity index (χ2v) is 7.79. The molecule has 1 saturated heterocycles. The molecule has 24 heavy (non-hydrogen) atoms. The van der Waals surface area contributed by atoms with Gasteiger partial charge in [-0.15, -0.1) is 0 Å². The number of hydrogen-bond donors (Lipinski definition) is 1. The van der Waals surface area contributed by atoms with Crippen molar-refractivity contribution < 1.29 is 17.9 Å². The highest BCUT2D eigenvalue weighted by atomic mass is 32.2. The molecule has 1 heterocycles. The summed E-state index contributed by atoms with van der Waals surface area (Å²) in [5.41, 5.74) is 0.450. The van der Waals surface area contributed by atoms with Crippen molar-refractivity contribution in [2.45, 2.75) is 12.5 Å². The molecule has 2 rings (SSSR count). The van der Waals surface area contributed by atoms with Gasteiger partial charge in [-0.2, -0.15) is 5.26 Å². The van der Waals surface area contributed by atoms with E-state index >= 15 is 0 Å². The van der Waals surface area contributed by atoms with Crippen LogP contribution in [0.25, 0.3) is 0 Å². The van der Waals surface area contributed by atoms with Crippen molar-refractivity contribution in [1.82, 2.24) is 4.90 Å². The maximum Gasteiger partial charge on any atom is 0.267 e. The number of hydrogen-bond acceptors (Lipinski definition) is 6. The Hall–Kier alpha value is -2.53. The highest BCUT2D eigenvalue weighted by Gasteiger charge is 2.30. The number of nitrogens with one attached hydrogen (secondary N) is 1. The van der Waals surface area contributed by atoms with Gasteiger partial charge in [-0.25, -0.2) is 8.42 Å². The van der Waals surface area contributed by atoms with Gasteiger partial charge in [-0.1, -0.05) is 0 Å². The van der Waals surface area contributed by atoms with Crippen LogP contribution in [0.2, 0.25) is 0 Å². The van der Waals surface area contributed by atoms with Crippen LogP contribution in [-0.2, 0) is 14.6 Å². The lowest BCUT2D eigenvalue weighted by molar-refractivity contribution is -0.112. The minimum atomic E-state index is -3.02. The Balaban J connectivity index is 2.06. The molecule has 1 aliphatic rings. The summed E-state index contributed by atoms with van der Waals surface area (Å²) in [4.78, 5) is 13.8. The first-order valence-corrected chi connectivity index (χ1v) is 9.16. The molecule has 0 radical (unpaired) electrons. The third-order valence-corrected chi connectivity index (χ3v) is 5.58. The van der Waals surface area contributed by atoms with Crippen LogP contribution in [0.4, 0.5) is 5.69 Å². The Morgan fingerprint density at radius 2 is 2.08 bits per heavy atom. The van der Waals surface area contributed by atoms with Gasteiger partial charge < -0.3 is 15.0 Å². The van der Waals surface area contributed by atoms with E-state index in [-0.39, 0.29) is 23.1 Å². The molecule has 1 amide bonds. The van der Waals surface area contributed by atoms with Crippen molar-refractivity contribution in [3.8, 4) is 11.8 Å². The van der Waals surface area contributed by atoms with Gasteiger partial charge in [-0.3, -0.25) is 4.79 Å². The van der Waals surface area contributed by atoms with Gasteiger partial charge >= 0.3 is 0 Å². The SMILES string of the molecule is COc1ccc(NC(=O)/C(C#N)=C\N(C)C2CCS(=O)(=O)C2)cc1. The second-order valence-electron chi connectivity index (χ2n) is 5.56. The molecule has 128 valence electrons. The minimum absolute atomic E-state index is 0.0405. The van der Waals surface area contributed by atoms with Crippen LogP contribution in [0.1, 0.15) is 6.42 Å². The highest BCUT2D eigenvalue weighted by molar-refractivity contribution is 7.91. The van der Waals surface area contributed by atoms with E-state index in [9.17, 15) is 18.5 Å². The van der Waals surface area contributed by atoms with Crippen molar-refractivity contribution in [2.75, 3.05) is 31.0 Å². The van der Waals surface area contributed by atoms with E-state index in [2.05, 4.69) is 5.32 Å². The molecular weight excluding hydrogens is 330 g/mol. The molecule has 1 aromatic carbocycles. The van der Waals surface area contributed by atoms with Gasteiger partial charge in [0, 0.05) is 25.0 Å². The fourth-order valence-electron chi connectivity index (χ4n) is 2.42. The van der Waals surface area contributed by atoms with Gasteiger partial charge in [0.15, 0.2) is 9.84 Å². The van der Waals surface area contributed by atoms with Crippen molar-refractivity contribution >= 4 is 21.4 Å². The molecule has 1 atom stereocenters. The van der Waals surface area contributed by atoms with Crippen LogP contribution in [0.5, 0.6) is 5.75 Å². The summed E-state index contributed by atoms with van der Waals surface area (Å²) >= 11 is 0. The third kappa shape index (κ3) is 4.49. The van der Waals surface area contributed by atoms with Gasteiger partial charge in [0.25, 0.3) is 5.91 Å². The number of sulfone groups is 1. The molecule has 0 bridgehead atoms. The average Bonchev–Trinajstić information content (AvgIpc) is 2.93. The number of nitriles is 1. The van der Waals surface area contributed by atoms with Crippen LogP contribution >= 0.6 is 0 Å². The number of amides is 1. The molecule has 0 aliphatic carbocycles. The van der Waals surface area contributed by atoms with Crippen LogP contribution < -0.4 is 10.1 Å². The largest absolute Gasteiger partial charge is 0.497 e. The topological polar surface area (TPSA) is 99.5 Å². The lowest BCUT2D eigenvalue weighted by Gasteiger charge is -2.21. The summed E-state index contributed by atoms with van der Waals surface area (Å²) < 4.78 is 28.1. The zero-order valence-corrected chi connectivity index (χ0v) is 14.3. The lowest BCUT2D eigenvalue weighted by Crippen LogP contribution is -2.29. The Labute approximate surface area is 141 Å². The summed E-state index contributed by atoms with van der Waals surface area (Å²) in [5, 5.41) is 11.8. The Morgan fingerprint density at radius 1 is 1.42 bits per heavy atom. The predicted octanol–water partition coefficient (Wildman–Crippen LogP) is 1.16. The molecule has 1 unspecified atom stereocenters. The predicted molar refractivity (Wildman–Crippen MR) is 90.1 cm³/mol. The summed E-state index contributed by atoms with van der Waals surface area (Å²) in [6.45, 7) is 0. The van der Waals surface area contributed by atoms with E-state index in [1.807, 2.05) is 6.07 Å². The fourth-order valence-corrected chi connectivity index (χ4v) is 4.20. The van der Waals surface area contributed by atoms with Gasteiger partial charge in [0.1, 0.15) is 17.4 Å². The van der Waals surface area contributed by atoms with Crippen LogP contribution in [0, 0.1) is 11.3 Å². The number of methoxy groups -OCH3 is 1. The summed E-state index contributed by atoms with van der Waals surface area (Å²) in [6.07, 6.45) is 1.89. The van der Waals surface area contributed by atoms with E-state index in [0.717, 1.165) is 0 Å². The number of ether oxygens (including phenoxy) is 1. The molecule has 8 heteroatoms. The second kappa shape index (κ2) is 7.36. The van der Waals surface area contributed by atoms with Crippen molar-refractivity contribution in [3.05, 3.63) is 36.0 Å². The first-order chi connectivity index (χ1) is 11.3. The third-order valence-electron chi connectivity index (χ3n) is 3.83. The lowest BCUT2D eigenvalue weighted by atomic mass is 10.2. The molecule has 1 fully saturated rings. The number of anilines is 1. The van der Waals surface area contributed by atoms with Gasteiger partial charge in [0.05, 0.1) is 18.6 Å². The number of benzene rings is 1. The quantitative estimate of drug-likeness (QED) is 0.632. The standard InChI is InChI=1S/C16H19N3O4S/c1-19(14-7-8-24(21,22)11-14)10-12(9-17)16(20)18-13-3-5-15(23-2)6-4-13/h3-6,10,14H,7-8,11H2,1-2H3,(H,18,20)/b12-10-. The number of rotatable bonds is 5. The normalized spacial score (nSPS) is 19.4. The van der Waals surface area contributed by atoms with E-state index in [4.69, 9.17) is 4.74 Å². The van der Waals surface area contributed by atoms with Crippen molar-refractivity contribution in [2.24, 2.45) is 0 Å². The van der Waals surface area contributed by atoms with Crippen LogP contribution in [-0.4, -0.2) is 50.9 Å². The highest BCUT2D eigenvalue weighted by Crippen LogP contribution is 2.18. The molecular formula is C16H19N3O4S. The van der Waals surface area contributed by atoms with Crippen molar-refractivity contribution in [1.29, 1.82) is 5.26 Å². The summed E-state index contributed by atoms with van der Waals surface area (Å²) in [5.74, 6) is 0.288. The summed E-state index contributed by atoms with van der Waals surface area (Å²) in [6, 6.07) is 8.36. The monoisotopic (exact) mass is 349 g/mol. The Morgan fingerprint density at radius 3 is 2.58 bits per heavy atom. The smallest absolute Gasteiger partial charge is 0.267 e. The average molecular weight is 349 g/mol. The van der Waals surface area contributed by atoms with Crippen LogP contribution in [0.15, 0.2) is 36.0 Å². The fraction of sp³-hybridized carbons (Fsp3) is 0.375. The zero-order valence-electron chi connectivity index (χ0n) is 13.5. The molecule has 1 N–H and O–H groups in total. The molecule has 1 aliphatic heterocycles. The first kappa shape index (κ1) is 17.8. The first-order valence-electron chi connectivity index (χ1n) is 7.34. The van der Waals surface area contributed by atoms with E-state index in [1.54, 1.807) is 43.3 Å². The van der Waals surface area contributed by atoms with Crippen molar-refractivity contribution in [3.63, 3.8) is 0 Å². The number of nitrogens with zero attached hydrogens (tertiary/aromatic N) is 2. The molecule has 0 aromatic heterocycles. The Kier molecular flexibility index (Phi) is 5.46. The van der Waals surface area contributed by atoms with E-state index < -0.39 is 15.7 Å². The zero-order chi connectivity index (χ0) is 17.7. The number of carbonyl (C=O) groups is 1. The van der Waals surface area contributed by atoms with E-state index in [1.165, 1.54) is 6.20 Å². The van der Waals surface area contributed by atoms with Gasteiger partial charge in [-0.05, 0) is 30.7 Å². The Bertz CT molecular complexity index is 779.